The molecule has 40 heavy (non-hydrogen) atoms. The van der Waals surface area contributed by atoms with Crippen LogP contribution in [0.4, 0.5) is 11.4 Å². The fourth-order valence-electron chi connectivity index (χ4n) is 4.69. The normalized spacial score (nSPS) is 13.6. The van der Waals surface area contributed by atoms with Crippen molar-refractivity contribution < 1.29 is 17.9 Å². The molecule has 8 heteroatoms. The molecule has 0 unspecified atom stereocenters. The topological polar surface area (TPSA) is 79.0 Å². The van der Waals surface area contributed by atoms with Gasteiger partial charge in [-0.15, -0.1) is 0 Å². The predicted octanol–water partition coefficient (Wildman–Crippen LogP) is 5.16. The fraction of sp³-hybridized carbons (Fsp3) is 0.219. The first kappa shape index (κ1) is 27.4. The van der Waals surface area contributed by atoms with Crippen molar-refractivity contribution in [3.05, 3.63) is 125 Å². The minimum Gasteiger partial charge on any atom is -0.378 e. The molecule has 0 bridgehead atoms. The summed E-state index contributed by atoms with van der Waals surface area (Å²) in [5, 5.41) is 2.98. The summed E-state index contributed by atoms with van der Waals surface area (Å²) >= 11 is 0. The van der Waals surface area contributed by atoms with E-state index in [4.69, 9.17) is 4.74 Å². The molecule has 0 aromatic heterocycles. The zero-order valence-electron chi connectivity index (χ0n) is 22.5. The molecule has 1 amide bonds. The number of aryl methyl sites for hydroxylation is 1. The van der Waals surface area contributed by atoms with E-state index in [1.165, 1.54) is 4.31 Å². The van der Waals surface area contributed by atoms with Crippen LogP contribution in [0.2, 0.25) is 0 Å². The zero-order chi connectivity index (χ0) is 28.0. The molecule has 1 heterocycles. The van der Waals surface area contributed by atoms with Gasteiger partial charge in [-0.2, -0.15) is 0 Å². The molecule has 4 aromatic rings. The van der Waals surface area contributed by atoms with E-state index in [-0.39, 0.29) is 17.3 Å². The first-order valence-corrected chi connectivity index (χ1v) is 14.8. The maximum Gasteiger partial charge on any atom is 0.264 e. The van der Waals surface area contributed by atoms with Crippen LogP contribution in [-0.4, -0.2) is 40.6 Å². The number of amides is 1. The van der Waals surface area contributed by atoms with Crippen molar-refractivity contribution >= 4 is 27.3 Å². The number of rotatable bonds is 9. The minimum atomic E-state index is -3.97. The molecule has 0 radical (unpaired) electrons. The molecule has 7 nitrogen and oxygen atoms in total. The lowest BCUT2D eigenvalue weighted by Gasteiger charge is -2.29. The van der Waals surface area contributed by atoms with Gasteiger partial charge in [-0.25, -0.2) is 8.42 Å². The van der Waals surface area contributed by atoms with E-state index in [0.717, 1.165) is 48.7 Å². The molecule has 1 aliphatic rings. The third-order valence-electron chi connectivity index (χ3n) is 6.96. The summed E-state index contributed by atoms with van der Waals surface area (Å²) < 4.78 is 34.6. The van der Waals surface area contributed by atoms with Gasteiger partial charge in [0.2, 0.25) is 0 Å². The lowest BCUT2D eigenvalue weighted by molar-refractivity contribution is 0.0951. The van der Waals surface area contributed by atoms with Gasteiger partial charge in [0.15, 0.2) is 0 Å². The van der Waals surface area contributed by atoms with E-state index in [1.807, 2.05) is 49.4 Å². The number of para-hydroxylation sites is 1. The number of nitrogens with one attached hydrogen (secondary N) is 1. The number of nitrogens with zero attached hydrogens (tertiary/aromatic N) is 2. The molecule has 1 saturated heterocycles. The molecular formula is C32H33N3O4S. The Bertz CT molecular complexity index is 1530. The second kappa shape index (κ2) is 12.4. The molecule has 0 aliphatic carbocycles. The highest BCUT2D eigenvalue weighted by atomic mass is 32.2. The Morgan fingerprint density at radius 2 is 1.48 bits per heavy atom. The van der Waals surface area contributed by atoms with Crippen LogP contribution in [0.5, 0.6) is 0 Å². The van der Waals surface area contributed by atoms with Gasteiger partial charge in [0.05, 0.1) is 35.9 Å². The number of carbonyl (C=O) groups is 1. The standard InChI is InChI=1S/C32H33N3O4S/c1-25-11-17-29(18-12-25)40(37,38)35(24-27-7-3-2-4-8-27)31-10-6-5-9-30(31)32(36)33-23-26-13-15-28(16-14-26)34-19-21-39-22-20-34/h2-18H,19-24H2,1H3,(H,33,36). The molecule has 0 saturated carbocycles. The maximum atomic E-state index is 13.9. The van der Waals surface area contributed by atoms with Crippen molar-refractivity contribution in [1.82, 2.24) is 5.32 Å². The van der Waals surface area contributed by atoms with Crippen LogP contribution >= 0.6 is 0 Å². The number of carbonyl (C=O) groups excluding carboxylic acids is 1. The second-order valence-corrected chi connectivity index (χ2v) is 11.6. The van der Waals surface area contributed by atoms with Crippen LogP contribution in [0.25, 0.3) is 0 Å². The Kier molecular flexibility index (Phi) is 8.48. The Labute approximate surface area is 236 Å². The van der Waals surface area contributed by atoms with E-state index in [9.17, 15) is 13.2 Å². The first-order chi connectivity index (χ1) is 19.4. The largest absolute Gasteiger partial charge is 0.378 e. The summed E-state index contributed by atoms with van der Waals surface area (Å²) in [6.45, 7) is 5.48. The monoisotopic (exact) mass is 555 g/mol. The van der Waals surface area contributed by atoms with Crippen LogP contribution in [0.1, 0.15) is 27.0 Å². The number of sulfonamides is 1. The highest BCUT2D eigenvalue weighted by Crippen LogP contribution is 2.29. The fourth-order valence-corrected chi connectivity index (χ4v) is 6.16. The van der Waals surface area contributed by atoms with Crippen LogP contribution < -0.4 is 14.5 Å². The minimum absolute atomic E-state index is 0.0876. The second-order valence-electron chi connectivity index (χ2n) is 9.78. The van der Waals surface area contributed by atoms with Crippen molar-refractivity contribution in [2.75, 3.05) is 35.5 Å². The highest BCUT2D eigenvalue weighted by Gasteiger charge is 2.28. The van der Waals surface area contributed by atoms with Crippen molar-refractivity contribution in [3.63, 3.8) is 0 Å². The molecule has 0 spiro atoms. The van der Waals surface area contributed by atoms with E-state index in [0.29, 0.717) is 17.8 Å². The molecule has 206 valence electrons. The molecule has 1 aliphatic heterocycles. The Balaban J connectivity index is 1.40. The summed E-state index contributed by atoms with van der Waals surface area (Å²) in [4.78, 5) is 15.9. The number of benzene rings is 4. The third kappa shape index (κ3) is 6.35. The third-order valence-corrected chi connectivity index (χ3v) is 8.73. The number of hydrogen-bond acceptors (Lipinski definition) is 5. The molecular weight excluding hydrogens is 522 g/mol. The van der Waals surface area contributed by atoms with E-state index >= 15 is 0 Å². The summed E-state index contributed by atoms with van der Waals surface area (Å²) in [5.41, 5.74) is 4.48. The van der Waals surface area contributed by atoms with Crippen molar-refractivity contribution in [3.8, 4) is 0 Å². The van der Waals surface area contributed by atoms with Crippen molar-refractivity contribution in [2.45, 2.75) is 24.9 Å². The summed E-state index contributed by atoms with van der Waals surface area (Å²) in [7, 11) is -3.97. The molecule has 5 rings (SSSR count). The summed E-state index contributed by atoms with van der Waals surface area (Å²) in [5.74, 6) is -0.343. The SMILES string of the molecule is Cc1ccc(S(=O)(=O)N(Cc2ccccc2)c2ccccc2C(=O)NCc2ccc(N3CCOCC3)cc2)cc1. The van der Waals surface area contributed by atoms with Gasteiger partial charge in [-0.05, 0) is 54.4 Å². The molecule has 0 atom stereocenters. The van der Waals surface area contributed by atoms with Crippen LogP contribution in [0.15, 0.2) is 108 Å². The quantitative estimate of drug-likeness (QED) is 0.309. The smallest absolute Gasteiger partial charge is 0.264 e. The summed E-state index contributed by atoms with van der Waals surface area (Å²) in [6.07, 6.45) is 0. The summed E-state index contributed by atoms with van der Waals surface area (Å²) in [6, 6.07) is 31.1. The molecule has 1 fully saturated rings. The van der Waals surface area contributed by atoms with E-state index in [1.54, 1.807) is 48.5 Å². The molecule has 4 aromatic carbocycles. The number of hydrogen-bond donors (Lipinski definition) is 1. The Hall–Kier alpha value is -4.14. The average Bonchev–Trinajstić information content (AvgIpc) is 3.00. The van der Waals surface area contributed by atoms with Gasteiger partial charge in [0.1, 0.15) is 0 Å². The number of morpholine rings is 1. The van der Waals surface area contributed by atoms with Gasteiger partial charge in [0, 0.05) is 25.3 Å². The van der Waals surface area contributed by atoms with Crippen LogP contribution in [-0.2, 0) is 27.8 Å². The van der Waals surface area contributed by atoms with Crippen molar-refractivity contribution in [1.29, 1.82) is 0 Å². The maximum absolute atomic E-state index is 13.9. The van der Waals surface area contributed by atoms with Gasteiger partial charge in [-0.3, -0.25) is 9.10 Å². The van der Waals surface area contributed by atoms with Gasteiger partial charge in [0.25, 0.3) is 15.9 Å². The Morgan fingerprint density at radius 1 is 0.825 bits per heavy atom. The van der Waals surface area contributed by atoms with Gasteiger partial charge < -0.3 is 15.0 Å². The van der Waals surface area contributed by atoms with Crippen LogP contribution in [0.3, 0.4) is 0 Å². The van der Waals surface area contributed by atoms with Gasteiger partial charge >= 0.3 is 0 Å². The van der Waals surface area contributed by atoms with E-state index in [2.05, 4.69) is 22.3 Å². The van der Waals surface area contributed by atoms with Gasteiger partial charge in [-0.1, -0.05) is 72.3 Å². The van der Waals surface area contributed by atoms with Crippen LogP contribution in [0, 0.1) is 6.92 Å². The van der Waals surface area contributed by atoms with E-state index < -0.39 is 10.0 Å². The average molecular weight is 556 g/mol. The Morgan fingerprint density at radius 3 is 2.17 bits per heavy atom. The lowest BCUT2D eigenvalue weighted by Crippen LogP contribution is -2.36. The number of anilines is 2. The predicted molar refractivity (Wildman–Crippen MR) is 158 cm³/mol. The molecule has 1 N–H and O–H groups in total. The zero-order valence-corrected chi connectivity index (χ0v) is 23.3. The lowest BCUT2D eigenvalue weighted by atomic mass is 10.1. The highest BCUT2D eigenvalue weighted by molar-refractivity contribution is 7.92. The van der Waals surface area contributed by atoms with Crippen molar-refractivity contribution in [2.24, 2.45) is 0 Å². The first-order valence-electron chi connectivity index (χ1n) is 13.3. The number of ether oxygens (including phenoxy) is 1.